The first kappa shape index (κ1) is 20.5. The topological polar surface area (TPSA) is 46.9 Å². The predicted octanol–water partition coefficient (Wildman–Crippen LogP) is 6.02. The SMILES string of the molecule is CC(C)n1c(SCC(=O)Nc2ccc(Cl)cc2)nc2cc(C(F)(F)F)ccc21. The number of aromatic nitrogens is 2. The number of nitrogens with zero attached hydrogens (tertiary/aromatic N) is 2. The largest absolute Gasteiger partial charge is 0.416 e. The third kappa shape index (κ3) is 4.62. The third-order valence-electron chi connectivity index (χ3n) is 3.96. The van der Waals surface area contributed by atoms with Crippen molar-refractivity contribution in [2.45, 2.75) is 31.2 Å². The fraction of sp³-hybridized carbons (Fsp3) is 0.263. The molecule has 0 atom stereocenters. The van der Waals surface area contributed by atoms with Crippen molar-refractivity contribution < 1.29 is 18.0 Å². The maximum absolute atomic E-state index is 13.0. The molecule has 2 aromatic carbocycles. The van der Waals surface area contributed by atoms with Gasteiger partial charge in [0.2, 0.25) is 5.91 Å². The fourth-order valence-corrected chi connectivity index (χ4v) is 3.78. The second-order valence-electron chi connectivity index (χ2n) is 6.40. The van der Waals surface area contributed by atoms with Gasteiger partial charge in [-0.1, -0.05) is 23.4 Å². The van der Waals surface area contributed by atoms with Crippen LogP contribution in [0.1, 0.15) is 25.5 Å². The summed E-state index contributed by atoms with van der Waals surface area (Å²) in [6.07, 6.45) is -4.43. The summed E-state index contributed by atoms with van der Waals surface area (Å²) in [4.78, 5) is 16.5. The number of alkyl halides is 3. The number of thioether (sulfide) groups is 1. The lowest BCUT2D eigenvalue weighted by atomic mass is 10.2. The lowest BCUT2D eigenvalue weighted by molar-refractivity contribution is -0.137. The van der Waals surface area contributed by atoms with Gasteiger partial charge in [0.15, 0.2) is 5.16 Å². The molecule has 1 amide bonds. The van der Waals surface area contributed by atoms with Gasteiger partial charge in [0.1, 0.15) is 0 Å². The van der Waals surface area contributed by atoms with E-state index in [2.05, 4.69) is 10.3 Å². The van der Waals surface area contributed by atoms with Crippen LogP contribution in [0, 0.1) is 0 Å². The van der Waals surface area contributed by atoms with Crippen molar-refractivity contribution in [1.82, 2.24) is 9.55 Å². The molecule has 0 aliphatic rings. The molecule has 148 valence electrons. The van der Waals surface area contributed by atoms with Crippen molar-refractivity contribution in [1.29, 1.82) is 0 Å². The number of nitrogens with one attached hydrogen (secondary N) is 1. The normalized spacial score (nSPS) is 12.0. The maximum atomic E-state index is 13.0. The smallest absolute Gasteiger partial charge is 0.325 e. The van der Waals surface area contributed by atoms with Crippen molar-refractivity contribution in [3.8, 4) is 0 Å². The molecule has 0 aliphatic heterocycles. The number of carbonyl (C=O) groups is 1. The highest BCUT2D eigenvalue weighted by Crippen LogP contribution is 2.34. The van der Waals surface area contributed by atoms with E-state index in [0.717, 1.165) is 12.1 Å². The maximum Gasteiger partial charge on any atom is 0.416 e. The van der Waals surface area contributed by atoms with Crippen LogP contribution in [0.5, 0.6) is 0 Å². The molecule has 1 N–H and O–H groups in total. The zero-order valence-electron chi connectivity index (χ0n) is 15.0. The molecule has 0 unspecified atom stereocenters. The van der Waals surface area contributed by atoms with Gasteiger partial charge in [0.05, 0.1) is 22.3 Å². The standard InChI is InChI=1S/C19H17ClF3N3OS/c1-11(2)26-16-8-3-12(19(21,22)23)9-15(16)25-18(26)28-10-17(27)24-14-6-4-13(20)5-7-14/h3-9,11H,10H2,1-2H3,(H,24,27). The van der Waals surface area contributed by atoms with Gasteiger partial charge in [-0.05, 0) is 56.3 Å². The van der Waals surface area contributed by atoms with Gasteiger partial charge < -0.3 is 9.88 Å². The molecule has 3 rings (SSSR count). The van der Waals surface area contributed by atoms with E-state index in [9.17, 15) is 18.0 Å². The first-order chi connectivity index (χ1) is 13.1. The predicted molar refractivity (Wildman–Crippen MR) is 106 cm³/mol. The van der Waals surface area contributed by atoms with E-state index in [0.29, 0.717) is 21.4 Å². The second-order valence-corrected chi connectivity index (χ2v) is 7.78. The van der Waals surface area contributed by atoms with E-state index in [-0.39, 0.29) is 23.2 Å². The Morgan fingerprint density at radius 2 is 1.89 bits per heavy atom. The summed E-state index contributed by atoms with van der Waals surface area (Å²) < 4.78 is 40.7. The summed E-state index contributed by atoms with van der Waals surface area (Å²) >= 11 is 6.99. The summed E-state index contributed by atoms with van der Waals surface area (Å²) in [5.41, 5.74) is 0.723. The van der Waals surface area contributed by atoms with E-state index in [1.165, 1.54) is 17.8 Å². The number of benzene rings is 2. The van der Waals surface area contributed by atoms with Crippen LogP contribution in [0.15, 0.2) is 47.6 Å². The van der Waals surface area contributed by atoms with Crippen LogP contribution < -0.4 is 5.32 Å². The molecule has 0 radical (unpaired) electrons. The Kier molecular flexibility index (Phi) is 5.90. The van der Waals surface area contributed by atoms with Crippen LogP contribution in [-0.4, -0.2) is 21.2 Å². The number of fused-ring (bicyclic) bond motifs is 1. The van der Waals surface area contributed by atoms with E-state index < -0.39 is 11.7 Å². The highest BCUT2D eigenvalue weighted by Gasteiger charge is 2.31. The third-order valence-corrected chi connectivity index (χ3v) is 5.17. The lowest BCUT2D eigenvalue weighted by Gasteiger charge is -2.13. The molecule has 0 aliphatic carbocycles. The minimum Gasteiger partial charge on any atom is -0.325 e. The van der Waals surface area contributed by atoms with Crippen LogP contribution >= 0.6 is 23.4 Å². The number of rotatable bonds is 5. The molecule has 4 nitrogen and oxygen atoms in total. The number of anilines is 1. The first-order valence-corrected chi connectivity index (χ1v) is 9.79. The van der Waals surface area contributed by atoms with Crippen LogP contribution in [0.25, 0.3) is 11.0 Å². The molecule has 1 aromatic heterocycles. The Bertz CT molecular complexity index is 1000. The first-order valence-electron chi connectivity index (χ1n) is 8.42. The van der Waals surface area contributed by atoms with Crippen LogP contribution in [0.3, 0.4) is 0 Å². The van der Waals surface area contributed by atoms with Crippen LogP contribution in [-0.2, 0) is 11.0 Å². The van der Waals surface area contributed by atoms with Crippen LogP contribution in [0.4, 0.5) is 18.9 Å². The van der Waals surface area contributed by atoms with Gasteiger partial charge in [-0.15, -0.1) is 0 Å². The Morgan fingerprint density at radius 3 is 2.50 bits per heavy atom. The molecule has 0 saturated heterocycles. The van der Waals surface area contributed by atoms with Crippen molar-refractivity contribution >= 4 is 46.0 Å². The number of imidazole rings is 1. The molecule has 0 fully saturated rings. The number of halogens is 4. The monoisotopic (exact) mass is 427 g/mol. The summed E-state index contributed by atoms with van der Waals surface area (Å²) in [7, 11) is 0. The highest BCUT2D eigenvalue weighted by atomic mass is 35.5. The Labute approximate surface area is 169 Å². The van der Waals surface area contributed by atoms with Crippen molar-refractivity contribution in [2.24, 2.45) is 0 Å². The zero-order chi connectivity index (χ0) is 20.5. The van der Waals surface area contributed by atoms with Gasteiger partial charge in [-0.25, -0.2) is 4.98 Å². The van der Waals surface area contributed by atoms with Gasteiger partial charge in [0.25, 0.3) is 0 Å². The summed E-state index contributed by atoms with van der Waals surface area (Å²) in [5.74, 6) is -0.171. The minimum atomic E-state index is -4.43. The average molecular weight is 428 g/mol. The van der Waals surface area contributed by atoms with E-state index >= 15 is 0 Å². The Balaban J connectivity index is 1.80. The molecule has 0 saturated carbocycles. The van der Waals surface area contributed by atoms with Crippen molar-refractivity contribution in [3.05, 3.63) is 53.1 Å². The van der Waals surface area contributed by atoms with Gasteiger partial charge in [-0.2, -0.15) is 13.2 Å². The average Bonchev–Trinajstić information content (AvgIpc) is 2.99. The molecule has 0 bridgehead atoms. The van der Waals surface area contributed by atoms with Gasteiger partial charge in [-0.3, -0.25) is 4.79 Å². The molecular formula is C19H17ClF3N3OS. The number of carbonyl (C=O) groups excluding carboxylic acids is 1. The van der Waals surface area contributed by atoms with Crippen LogP contribution in [0.2, 0.25) is 5.02 Å². The van der Waals surface area contributed by atoms with Gasteiger partial charge in [0, 0.05) is 16.8 Å². The minimum absolute atomic E-state index is 0.0245. The number of hydrogen-bond donors (Lipinski definition) is 1. The summed E-state index contributed by atoms with van der Waals surface area (Å²) in [5, 5.41) is 3.81. The van der Waals surface area contributed by atoms with Crippen molar-refractivity contribution in [3.63, 3.8) is 0 Å². The summed E-state index contributed by atoms with van der Waals surface area (Å²) in [6.45, 7) is 3.83. The molecule has 3 aromatic rings. The number of hydrogen-bond acceptors (Lipinski definition) is 3. The van der Waals surface area contributed by atoms with E-state index in [4.69, 9.17) is 11.6 Å². The summed E-state index contributed by atoms with van der Waals surface area (Å²) in [6, 6.07) is 10.2. The second kappa shape index (κ2) is 8.05. The zero-order valence-corrected chi connectivity index (χ0v) is 16.6. The van der Waals surface area contributed by atoms with E-state index in [1.54, 1.807) is 24.3 Å². The molecule has 28 heavy (non-hydrogen) atoms. The molecular weight excluding hydrogens is 411 g/mol. The van der Waals surface area contributed by atoms with E-state index in [1.807, 2.05) is 18.4 Å². The quantitative estimate of drug-likeness (QED) is 0.506. The fourth-order valence-electron chi connectivity index (χ4n) is 2.71. The molecule has 1 heterocycles. The number of amides is 1. The Morgan fingerprint density at radius 1 is 1.21 bits per heavy atom. The van der Waals surface area contributed by atoms with Gasteiger partial charge >= 0.3 is 6.18 Å². The molecule has 9 heteroatoms. The highest BCUT2D eigenvalue weighted by molar-refractivity contribution is 7.99. The molecule has 0 spiro atoms. The Hall–Kier alpha value is -2.19. The lowest BCUT2D eigenvalue weighted by Crippen LogP contribution is -2.14. The van der Waals surface area contributed by atoms with Crippen molar-refractivity contribution in [2.75, 3.05) is 11.1 Å².